The number of hydrogen-bond acceptors (Lipinski definition) is 3. The quantitative estimate of drug-likeness (QED) is 0.795. The Kier molecular flexibility index (Phi) is 4.37. The molecular weight excluding hydrogens is 221 g/mol. The van der Waals surface area contributed by atoms with E-state index in [1.165, 1.54) is 24.3 Å². The number of rotatable bonds is 5. The average molecular weight is 239 g/mol. The monoisotopic (exact) mass is 239 g/mol. The van der Waals surface area contributed by atoms with Crippen LogP contribution < -0.4 is 0 Å². The maximum atomic E-state index is 12.7. The van der Waals surface area contributed by atoms with Crippen molar-refractivity contribution in [2.45, 2.75) is 19.4 Å². The fraction of sp³-hybridized carbons (Fsp3) is 0.462. The molecular formula is C13H18FNO2. The Hall–Kier alpha value is -1.26. The standard InChI is InChI=1S/C13H18FNO2/c1-13(2,17)9-15(3)8-12(16)10-4-6-11(14)7-5-10/h4-7,17H,8-9H2,1-3H3. The molecule has 1 rings (SSSR count). The molecule has 0 amide bonds. The summed E-state index contributed by atoms with van der Waals surface area (Å²) in [4.78, 5) is 13.5. The van der Waals surface area contributed by atoms with Crippen molar-refractivity contribution in [3.05, 3.63) is 35.6 Å². The van der Waals surface area contributed by atoms with Gasteiger partial charge in [-0.1, -0.05) is 0 Å². The number of ketones is 1. The van der Waals surface area contributed by atoms with Crippen molar-refractivity contribution in [1.82, 2.24) is 4.90 Å². The van der Waals surface area contributed by atoms with Crippen LogP contribution in [0.5, 0.6) is 0 Å². The highest BCUT2D eigenvalue weighted by molar-refractivity contribution is 5.97. The molecule has 0 saturated heterocycles. The highest BCUT2D eigenvalue weighted by Crippen LogP contribution is 2.07. The van der Waals surface area contributed by atoms with Gasteiger partial charge in [-0.2, -0.15) is 0 Å². The number of nitrogens with zero attached hydrogens (tertiary/aromatic N) is 1. The minimum absolute atomic E-state index is 0.0863. The zero-order chi connectivity index (χ0) is 13.1. The molecule has 0 spiro atoms. The molecule has 0 heterocycles. The summed E-state index contributed by atoms with van der Waals surface area (Å²) in [6.07, 6.45) is 0. The first-order valence-electron chi connectivity index (χ1n) is 5.47. The summed E-state index contributed by atoms with van der Waals surface area (Å²) in [5.74, 6) is -0.442. The van der Waals surface area contributed by atoms with Crippen molar-refractivity contribution >= 4 is 5.78 Å². The predicted octanol–water partition coefficient (Wildman–Crippen LogP) is 1.71. The van der Waals surface area contributed by atoms with E-state index in [1.807, 2.05) is 0 Å². The molecule has 4 heteroatoms. The first-order valence-corrected chi connectivity index (χ1v) is 5.47. The molecule has 0 radical (unpaired) electrons. The number of Topliss-reactive ketones (excluding diaryl/α,β-unsaturated/α-hetero) is 1. The van der Waals surface area contributed by atoms with Crippen LogP contribution in [0.2, 0.25) is 0 Å². The first kappa shape index (κ1) is 13.8. The van der Waals surface area contributed by atoms with Crippen LogP contribution in [0.15, 0.2) is 24.3 Å². The van der Waals surface area contributed by atoms with Crippen LogP contribution in [-0.4, -0.2) is 41.5 Å². The van der Waals surface area contributed by atoms with E-state index in [9.17, 15) is 14.3 Å². The van der Waals surface area contributed by atoms with Crippen molar-refractivity contribution in [2.24, 2.45) is 0 Å². The minimum atomic E-state index is -0.835. The van der Waals surface area contributed by atoms with Gasteiger partial charge in [-0.25, -0.2) is 4.39 Å². The molecule has 0 aliphatic carbocycles. The third kappa shape index (κ3) is 5.06. The largest absolute Gasteiger partial charge is 0.389 e. The fourth-order valence-electron chi connectivity index (χ4n) is 1.69. The van der Waals surface area contributed by atoms with Gasteiger partial charge in [0.2, 0.25) is 0 Å². The lowest BCUT2D eigenvalue weighted by molar-refractivity contribution is 0.0439. The molecule has 0 fully saturated rings. The summed E-state index contributed by atoms with van der Waals surface area (Å²) >= 11 is 0. The molecule has 0 saturated carbocycles. The highest BCUT2D eigenvalue weighted by Gasteiger charge is 2.17. The van der Waals surface area contributed by atoms with Crippen LogP contribution in [0, 0.1) is 5.82 Å². The Balaban J connectivity index is 2.57. The molecule has 0 atom stereocenters. The van der Waals surface area contributed by atoms with Crippen molar-refractivity contribution in [3.63, 3.8) is 0 Å². The van der Waals surface area contributed by atoms with Crippen LogP contribution in [0.3, 0.4) is 0 Å². The summed E-state index contributed by atoms with van der Waals surface area (Å²) in [6, 6.07) is 5.47. The molecule has 94 valence electrons. The van der Waals surface area contributed by atoms with Gasteiger partial charge in [0.1, 0.15) is 5.82 Å². The van der Waals surface area contributed by atoms with Crippen LogP contribution in [0.4, 0.5) is 4.39 Å². The lowest BCUT2D eigenvalue weighted by atomic mass is 10.1. The molecule has 0 unspecified atom stereocenters. The molecule has 0 aliphatic rings. The summed E-state index contributed by atoms with van der Waals surface area (Å²) in [5.41, 5.74) is -0.355. The van der Waals surface area contributed by atoms with E-state index in [0.29, 0.717) is 12.1 Å². The third-order valence-electron chi connectivity index (χ3n) is 2.24. The van der Waals surface area contributed by atoms with Crippen LogP contribution >= 0.6 is 0 Å². The minimum Gasteiger partial charge on any atom is -0.389 e. The molecule has 1 aromatic carbocycles. The van der Waals surface area contributed by atoms with Crippen LogP contribution in [0.25, 0.3) is 0 Å². The zero-order valence-corrected chi connectivity index (χ0v) is 10.4. The van der Waals surface area contributed by atoms with Gasteiger partial charge in [0.25, 0.3) is 0 Å². The number of halogens is 1. The Morgan fingerprint density at radius 2 is 1.88 bits per heavy atom. The van der Waals surface area contributed by atoms with Gasteiger partial charge in [0.05, 0.1) is 12.1 Å². The van der Waals surface area contributed by atoms with Gasteiger partial charge in [0.15, 0.2) is 5.78 Å². The van der Waals surface area contributed by atoms with Crippen LogP contribution in [-0.2, 0) is 0 Å². The Labute approximate surface area is 101 Å². The number of carbonyl (C=O) groups excluding carboxylic acids is 1. The van der Waals surface area contributed by atoms with E-state index in [2.05, 4.69) is 0 Å². The first-order chi connectivity index (χ1) is 7.78. The van der Waals surface area contributed by atoms with Crippen molar-refractivity contribution in [2.75, 3.05) is 20.1 Å². The van der Waals surface area contributed by atoms with E-state index in [-0.39, 0.29) is 18.1 Å². The number of carbonyl (C=O) groups is 1. The topological polar surface area (TPSA) is 40.5 Å². The maximum Gasteiger partial charge on any atom is 0.176 e. The van der Waals surface area contributed by atoms with E-state index < -0.39 is 5.60 Å². The third-order valence-corrected chi connectivity index (χ3v) is 2.24. The molecule has 17 heavy (non-hydrogen) atoms. The molecule has 3 nitrogen and oxygen atoms in total. The van der Waals surface area contributed by atoms with E-state index in [4.69, 9.17) is 0 Å². The fourth-order valence-corrected chi connectivity index (χ4v) is 1.69. The molecule has 1 N–H and O–H groups in total. The number of hydrogen-bond donors (Lipinski definition) is 1. The predicted molar refractivity (Wildman–Crippen MR) is 64.5 cm³/mol. The summed E-state index contributed by atoms with van der Waals surface area (Å²) in [7, 11) is 1.76. The van der Waals surface area contributed by atoms with Gasteiger partial charge in [0, 0.05) is 12.1 Å². The van der Waals surface area contributed by atoms with E-state index >= 15 is 0 Å². The molecule has 1 aromatic rings. The summed E-state index contributed by atoms with van der Waals surface area (Å²) < 4.78 is 12.7. The van der Waals surface area contributed by atoms with Crippen LogP contribution in [0.1, 0.15) is 24.2 Å². The second-order valence-electron chi connectivity index (χ2n) is 4.91. The second kappa shape index (κ2) is 5.38. The average Bonchev–Trinajstić information content (AvgIpc) is 2.15. The van der Waals surface area contributed by atoms with Gasteiger partial charge >= 0.3 is 0 Å². The van der Waals surface area contributed by atoms with E-state index in [1.54, 1.807) is 25.8 Å². The van der Waals surface area contributed by atoms with Gasteiger partial charge in [-0.05, 0) is 45.2 Å². The normalized spacial score (nSPS) is 11.9. The highest BCUT2D eigenvalue weighted by atomic mass is 19.1. The van der Waals surface area contributed by atoms with Gasteiger partial charge in [-0.15, -0.1) is 0 Å². The zero-order valence-electron chi connectivity index (χ0n) is 10.4. The SMILES string of the molecule is CN(CC(=O)c1ccc(F)cc1)CC(C)(C)O. The second-order valence-corrected chi connectivity index (χ2v) is 4.91. The Morgan fingerprint density at radius 1 is 1.35 bits per heavy atom. The smallest absolute Gasteiger partial charge is 0.176 e. The Bertz CT molecular complexity index is 381. The molecule has 0 aromatic heterocycles. The van der Waals surface area contributed by atoms with Crippen molar-refractivity contribution in [1.29, 1.82) is 0 Å². The number of benzene rings is 1. The lowest BCUT2D eigenvalue weighted by Crippen LogP contribution is -2.38. The lowest BCUT2D eigenvalue weighted by Gasteiger charge is -2.24. The van der Waals surface area contributed by atoms with E-state index in [0.717, 1.165) is 0 Å². The number of likely N-dealkylation sites (N-methyl/N-ethyl adjacent to an activating group) is 1. The maximum absolute atomic E-state index is 12.7. The van der Waals surface area contributed by atoms with Crippen molar-refractivity contribution in [3.8, 4) is 0 Å². The molecule has 0 aliphatic heterocycles. The van der Waals surface area contributed by atoms with Gasteiger partial charge in [-0.3, -0.25) is 9.69 Å². The molecule has 0 bridgehead atoms. The van der Waals surface area contributed by atoms with Crippen molar-refractivity contribution < 1.29 is 14.3 Å². The van der Waals surface area contributed by atoms with Gasteiger partial charge < -0.3 is 5.11 Å². The summed E-state index contributed by atoms with van der Waals surface area (Å²) in [5, 5.41) is 9.61. The Morgan fingerprint density at radius 3 is 2.35 bits per heavy atom. The number of aliphatic hydroxyl groups is 1. The summed E-state index contributed by atoms with van der Waals surface area (Å²) in [6.45, 7) is 3.98.